The first kappa shape index (κ1) is 15.8. The summed E-state index contributed by atoms with van der Waals surface area (Å²) in [6.45, 7) is 2.40. The third kappa shape index (κ3) is 4.73. The topological polar surface area (TPSA) is 130 Å². The molecule has 0 aromatic carbocycles. The molecule has 0 aliphatic rings. The van der Waals surface area contributed by atoms with Crippen molar-refractivity contribution in [2.24, 2.45) is 5.92 Å². The minimum Gasteiger partial charge on any atom is -0.745 e. The van der Waals surface area contributed by atoms with Crippen molar-refractivity contribution < 1.29 is 28.3 Å². The van der Waals surface area contributed by atoms with Crippen molar-refractivity contribution in [2.45, 2.75) is 31.4 Å². The van der Waals surface area contributed by atoms with Gasteiger partial charge in [0.25, 0.3) is 0 Å². The molecule has 0 aromatic heterocycles. The smallest absolute Gasteiger partial charge is 0.198 e. The van der Waals surface area contributed by atoms with Crippen molar-refractivity contribution in [3.63, 3.8) is 0 Å². The van der Waals surface area contributed by atoms with E-state index in [-0.39, 0.29) is 12.3 Å². The maximum Gasteiger partial charge on any atom is 0.198 e. The minimum atomic E-state index is -4.92. The average Bonchev–Trinajstić information content (AvgIpc) is 2.14. The van der Waals surface area contributed by atoms with E-state index in [1.54, 1.807) is 13.8 Å². The van der Waals surface area contributed by atoms with Crippen molar-refractivity contribution in [1.82, 2.24) is 5.32 Å². The van der Waals surface area contributed by atoms with Crippen LogP contribution in [-0.4, -0.2) is 52.6 Å². The Morgan fingerprint density at radius 2 is 1.75 bits per heavy atom. The predicted molar refractivity (Wildman–Crippen MR) is 55.2 cm³/mol. The maximum atomic E-state index is 10.5. The Labute approximate surface area is 94.9 Å². The first-order valence-electron chi connectivity index (χ1n) is 4.79. The van der Waals surface area contributed by atoms with Crippen LogP contribution in [0.15, 0.2) is 0 Å². The highest BCUT2D eigenvalue weighted by atomic mass is 32.2. The molecule has 0 heterocycles. The first-order chi connectivity index (χ1) is 7.17. The van der Waals surface area contributed by atoms with E-state index in [0.29, 0.717) is 0 Å². The second-order valence-corrected chi connectivity index (χ2v) is 5.62. The lowest BCUT2D eigenvalue weighted by molar-refractivity contribution is 0.0379. The summed E-state index contributed by atoms with van der Waals surface area (Å²) >= 11 is 0. The highest BCUT2D eigenvalue weighted by molar-refractivity contribution is 7.86. The molecule has 0 bridgehead atoms. The highest BCUT2D eigenvalue weighted by Crippen LogP contribution is 2.17. The third-order valence-corrected chi connectivity index (χ3v) is 2.77. The van der Waals surface area contributed by atoms with Gasteiger partial charge in [-0.05, 0) is 12.3 Å². The zero-order chi connectivity index (χ0) is 13.0. The van der Waals surface area contributed by atoms with E-state index in [1.165, 1.54) is 0 Å². The van der Waals surface area contributed by atoms with Gasteiger partial charge in [-0.3, -0.25) is 5.32 Å². The van der Waals surface area contributed by atoms with Gasteiger partial charge < -0.3 is 19.9 Å². The summed E-state index contributed by atoms with van der Waals surface area (Å²) in [5, 5.41) is 29.3. The first-order valence-corrected chi connectivity index (χ1v) is 6.26. The molecule has 0 saturated carbocycles. The molecule has 8 heteroatoms. The largest absolute Gasteiger partial charge is 0.745 e. The highest BCUT2D eigenvalue weighted by Gasteiger charge is 2.33. The summed E-state index contributed by atoms with van der Waals surface area (Å²) in [7, 11) is -4.92. The maximum absolute atomic E-state index is 10.5. The number of aliphatic hydroxyl groups excluding tert-OH is 3. The lowest BCUT2D eigenvalue weighted by atomic mass is 9.90. The molecular formula is C8H18NO6S-. The van der Waals surface area contributed by atoms with Gasteiger partial charge in [0, 0.05) is 0 Å². The molecule has 1 unspecified atom stereocenters. The average molecular weight is 256 g/mol. The fourth-order valence-electron chi connectivity index (χ4n) is 1.44. The van der Waals surface area contributed by atoms with Crippen molar-refractivity contribution in [2.75, 3.05) is 13.2 Å². The van der Waals surface area contributed by atoms with Crippen LogP contribution in [0.1, 0.15) is 20.3 Å². The molecule has 98 valence electrons. The van der Waals surface area contributed by atoms with Crippen LogP contribution < -0.4 is 5.32 Å². The van der Waals surface area contributed by atoms with Gasteiger partial charge in [0.05, 0.1) is 18.8 Å². The van der Waals surface area contributed by atoms with Crippen molar-refractivity contribution in [1.29, 1.82) is 0 Å². The predicted octanol–water partition coefficient (Wildman–Crippen LogP) is -1.83. The van der Waals surface area contributed by atoms with Crippen LogP contribution >= 0.6 is 0 Å². The van der Waals surface area contributed by atoms with Crippen LogP contribution in [0, 0.1) is 5.92 Å². The molecular weight excluding hydrogens is 238 g/mol. The number of rotatable bonds is 7. The van der Waals surface area contributed by atoms with Gasteiger partial charge in [-0.15, -0.1) is 0 Å². The monoisotopic (exact) mass is 256 g/mol. The van der Waals surface area contributed by atoms with Gasteiger partial charge in [-0.1, -0.05) is 13.8 Å². The van der Waals surface area contributed by atoms with Crippen LogP contribution in [0.5, 0.6) is 0 Å². The van der Waals surface area contributed by atoms with Crippen molar-refractivity contribution in [3.05, 3.63) is 0 Å². The van der Waals surface area contributed by atoms with Crippen LogP contribution in [0.3, 0.4) is 0 Å². The molecule has 0 radical (unpaired) electrons. The van der Waals surface area contributed by atoms with E-state index >= 15 is 0 Å². The number of hydrogen-bond acceptors (Lipinski definition) is 7. The standard InChI is InChI=1S/C8H19NO6S/c1-6(2)3-8(4-10,5-11)9-7(12)16(13,14)15/h6-7,9-12H,3-5H2,1-2H3,(H,13,14,15)/p-1. The van der Waals surface area contributed by atoms with E-state index in [9.17, 15) is 13.0 Å². The zero-order valence-electron chi connectivity index (χ0n) is 9.25. The summed E-state index contributed by atoms with van der Waals surface area (Å²) in [5.74, 6) is 0.0355. The van der Waals surface area contributed by atoms with Gasteiger partial charge in [0.1, 0.15) is 10.1 Å². The third-order valence-electron chi connectivity index (χ3n) is 2.11. The van der Waals surface area contributed by atoms with Crippen LogP contribution in [0.25, 0.3) is 0 Å². The Morgan fingerprint density at radius 1 is 1.31 bits per heavy atom. The number of aliphatic hydroxyl groups is 3. The Hall–Kier alpha value is -0.250. The summed E-state index contributed by atoms with van der Waals surface area (Å²) in [4.78, 5) is 0. The van der Waals surface area contributed by atoms with Crippen molar-refractivity contribution >= 4 is 10.1 Å². The molecule has 0 aliphatic heterocycles. The molecule has 1 atom stereocenters. The second kappa shape index (κ2) is 5.89. The van der Waals surface area contributed by atoms with E-state index in [4.69, 9.17) is 15.3 Å². The molecule has 4 N–H and O–H groups in total. The Balaban J connectivity index is 4.80. The molecule has 0 aliphatic carbocycles. The quantitative estimate of drug-likeness (QED) is 0.311. The van der Waals surface area contributed by atoms with Crippen LogP contribution in [0.2, 0.25) is 0 Å². The van der Waals surface area contributed by atoms with Crippen LogP contribution in [0.4, 0.5) is 0 Å². The molecule has 0 amide bonds. The lowest BCUT2D eigenvalue weighted by Crippen LogP contribution is -2.58. The molecule has 0 aromatic rings. The van der Waals surface area contributed by atoms with Gasteiger partial charge >= 0.3 is 0 Å². The van der Waals surface area contributed by atoms with Crippen LogP contribution in [-0.2, 0) is 10.1 Å². The summed E-state index contributed by atoms with van der Waals surface area (Å²) < 4.78 is 31.5. The Kier molecular flexibility index (Phi) is 5.80. The Morgan fingerprint density at radius 3 is 2.00 bits per heavy atom. The van der Waals surface area contributed by atoms with E-state index in [2.05, 4.69) is 5.32 Å². The summed E-state index contributed by atoms with van der Waals surface area (Å²) in [6.07, 6.45) is 0.215. The van der Waals surface area contributed by atoms with Gasteiger partial charge in [0.15, 0.2) is 5.56 Å². The lowest BCUT2D eigenvalue weighted by Gasteiger charge is -2.35. The molecule has 7 nitrogen and oxygen atoms in total. The SMILES string of the molecule is CC(C)CC(CO)(CO)NC(O)S(=O)(=O)[O-]. The fourth-order valence-corrected chi connectivity index (χ4v) is 1.84. The van der Waals surface area contributed by atoms with E-state index in [1.807, 2.05) is 0 Å². The number of nitrogens with one attached hydrogen (secondary N) is 1. The molecule has 0 rings (SSSR count). The zero-order valence-corrected chi connectivity index (χ0v) is 10.1. The summed E-state index contributed by atoms with van der Waals surface area (Å²) in [5.41, 5.74) is -3.73. The second-order valence-electron chi connectivity index (χ2n) is 4.18. The fraction of sp³-hybridized carbons (Fsp3) is 1.00. The van der Waals surface area contributed by atoms with Gasteiger partial charge in [0.2, 0.25) is 0 Å². The normalized spacial score (nSPS) is 15.4. The summed E-state index contributed by atoms with van der Waals surface area (Å²) in [6, 6.07) is 0. The molecule has 0 saturated heterocycles. The molecule has 0 fully saturated rings. The Bertz CT molecular complexity index is 298. The minimum absolute atomic E-state index is 0.0355. The van der Waals surface area contributed by atoms with Crippen molar-refractivity contribution in [3.8, 4) is 0 Å². The van der Waals surface area contributed by atoms with E-state index in [0.717, 1.165) is 0 Å². The number of hydrogen-bond donors (Lipinski definition) is 4. The van der Waals surface area contributed by atoms with E-state index < -0.39 is 34.4 Å². The molecule has 0 spiro atoms. The molecule has 16 heavy (non-hydrogen) atoms. The van der Waals surface area contributed by atoms with Gasteiger partial charge in [-0.25, -0.2) is 8.42 Å². The van der Waals surface area contributed by atoms with Gasteiger partial charge in [-0.2, -0.15) is 0 Å².